The molecule has 2 aromatic carbocycles. The van der Waals surface area contributed by atoms with E-state index >= 15 is 0 Å². The van der Waals surface area contributed by atoms with Crippen LogP contribution >= 0.6 is 27.5 Å². The fraction of sp³-hybridized carbons (Fsp3) is 0.350. The Morgan fingerprint density at radius 2 is 1.80 bits per heavy atom. The number of sulfonamides is 1. The third-order valence-corrected chi connectivity index (χ3v) is 8.09. The minimum absolute atomic E-state index is 0.162. The molecule has 2 N–H and O–H groups in total. The Bertz CT molecular complexity index is 1060. The molecular formula is C20H22BrClN4O3S. The molecule has 0 aliphatic carbocycles. The summed E-state index contributed by atoms with van der Waals surface area (Å²) in [5.74, 6) is -0.116. The summed E-state index contributed by atoms with van der Waals surface area (Å²) in [6.07, 6.45) is 0.616. The van der Waals surface area contributed by atoms with E-state index in [2.05, 4.69) is 31.5 Å². The van der Waals surface area contributed by atoms with Crippen LogP contribution < -0.4 is 19.8 Å². The summed E-state index contributed by atoms with van der Waals surface area (Å²) < 4.78 is 26.2. The summed E-state index contributed by atoms with van der Waals surface area (Å²) in [4.78, 5) is 15.0. The van der Waals surface area contributed by atoms with Gasteiger partial charge >= 0.3 is 0 Å². The van der Waals surface area contributed by atoms with Crippen molar-refractivity contribution in [3.63, 3.8) is 0 Å². The van der Waals surface area contributed by atoms with Gasteiger partial charge in [0, 0.05) is 42.8 Å². The highest BCUT2D eigenvalue weighted by molar-refractivity contribution is 9.10. The Hall–Kier alpha value is -1.81. The standard InChI is InChI=1S/C20H22BrClN4O3S/c21-16-12-17(22)19(25-9-6-23-7-10-25)13-18(16)24-20(27)14-2-4-15(5-3-14)26-8-1-11-30(26,28)29/h2-5,12-13,23H,1,6-11H2,(H,24,27). The van der Waals surface area contributed by atoms with E-state index in [1.54, 1.807) is 30.3 Å². The Morgan fingerprint density at radius 3 is 2.43 bits per heavy atom. The van der Waals surface area contributed by atoms with E-state index in [9.17, 15) is 13.2 Å². The molecule has 2 aliphatic heterocycles. The fourth-order valence-electron chi connectivity index (χ4n) is 3.68. The van der Waals surface area contributed by atoms with E-state index < -0.39 is 10.0 Å². The lowest BCUT2D eigenvalue weighted by atomic mass is 10.1. The Labute approximate surface area is 189 Å². The topological polar surface area (TPSA) is 81.8 Å². The van der Waals surface area contributed by atoms with E-state index in [1.165, 1.54) is 4.31 Å². The van der Waals surface area contributed by atoms with E-state index in [1.807, 2.05) is 6.07 Å². The van der Waals surface area contributed by atoms with Gasteiger partial charge in [-0.05, 0) is 58.7 Å². The molecule has 2 aromatic rings. The van der Waals surface area contributed by atoms with Gasteiger partial charge in [0.25, 0.3) is 5.91 Å². The Morgan fingerprint density at radius 1 is 1.10 bits per heavy atom. The second-order valence-electron chi connectivity index (χ2n) is 7.26. The molecule has 0 atom stereocenters. The molecule has 2 fully saturated rings. The molecule has 10 heteroatoms. The van der Waals surface area contributed by atoms with Crippen LogP contribution in [0.25, 0.3) is 0 Å². The SMILES string of the molecule is O=C(Nc1cc(N2CCNCC2)c(Cl)cc1Br)c1ccc(N2CCCS2(=O)=O)cc1. The quantitative estimate of drug-likeness (QED) is 0.656. The molecule has 1 amide bonds. The third-order valence-electron chi connectivity index (χ3n) is 5.26. The Balaban J connectivity index is 1.52. The van der Waals surface area contributed by atoms with Crippen molar-refractivity contribution in [1.29, 1.82) is 0 Å². The molecule has 7 nitrogen and oxygen atoms in total. The number of carbonyl (C=O) groups excluding carboxylic acids is 1. The summed E-state index contributed by atoms with van der Waals surface area (Å²) in [5.41, 5.74) is 2.54. The van der Waals surface area contributed by atoms with Gasteiger partial charge < -0.3 is 15.5 Å². The minimum Gasteiger partial charge on any atom is -0.368 e. The van der Waals surface area contributed by atoms with Crippen LogP contribution in [-0.4, -0.2) is 52.8 Å². The number of piperazine rings is 1. The van der Waals surface area contributed by atoms with Crippen molar-refractivity contribution in [2.24, 2.45) is 0 Å². The number of amides is 1. The van der Waals surface area contributed by atoms with Gasteiger partial charge in [-0.15, -0.1) is 0 Å². The molecule has 30 heavy (non-hydrogen) atoms. The van der Waals surface area contributed by atoms with Crippen molar-refractivity contribution in [3.05, 3.63) is 51.5 Å². The van der Waals surface area contributed by atoms with Crippen molar-refractivity contribution in [3.8, 4) is 0 Å². The summed E-state index contributed by atoms with van der Waals surface area (Å²) in [6, 6.07) is 10.3. The van der Waals surface area contributed by atoms with Crippen LogP contribution in [0, 0.1) is 0 Å². The van der Waals surface area contributed by atoms with Gasteiger partial charge in [-0.3, -0.25) is 9.10 Å². The van der Waals surface area contributed by atoms with Crippen molar-refractivity contribution < 1.29 is 13.2 Å². The smallest absolute Gasteiger partial charge is 0.255 e. The zero-order valence-electron chi connectivity index (χ0n) is 16.2. The lowest BCUT2D eigenvalue weighted by Gasteiger charge is -2.30. The number of benzene rings is 2. The fourth-order valence-corrected chi connectivity index (χ4v) is 6.11. The highest BCUT2D eigenvalue weighted by Crippen LogP contribution is 2.35. The first-order chi connectivity index (χ1) is 14.3. The number of nitrogens with zero attached hydrogens (tertiary/aromatic N) is 2. The normalized spacial score (nSPS) is 18.5. The lowest BCUT2D eigenvalue weighted by molar-refractivity contribution is 0.102. The molecule has 160 valence electrons. The number of anilines is 3. The van der Waals surface area contributed by atoms with E-state index in [0.717, 1.165) is 31.9 Å². The van der Waals surface area contributed by atoms with Gasteiger partial charge in [-0.1, -0.05) is 11.6 Å². The highest BCUT2D eigenvalue weighted by Gasteiger charge is 2.28. The largest absolute Gasteiger partial charge is 0.368 e. The summed E-state index contributed by atoms with van der Waals surface area (Å²) in [5, 5.41) is 6.85. The highest BCUT2D eigenvalue weighted by atomic mass is 79.9. The minimum atomic E-state index is -3.24. The first-order valence-corrected chi connectivity index (χ1v) is 12.5. The monoisotopic (exact) mass is 512 g/mol. The summed E-state index contributed by atoms with van der Waals surface area (Å²) in [7, 11) is -3.24. The van der Waals surface area contributed by atoms with Crippen LogP contribution in [0.5, 0.6) is 0 Å². The van der Waals surface area contributed by atoms with Crippen LogP contribution in [0.1, 0.15) is 16.8 Å². The number of hydrogen-bond donors (Lipinski definition) is 2. The second kappa shape index (κ2) is 8.74. The Kier molecular flexibility index (Phi) is 6.24. The first-order valence-electron chi connectivity index (χ1n) is 9.72. The lowest BCUT2D eigenvalue weighted by Crippen LogP contribution is -2.43. The van der Waals surface area contributed by atoms with E-state index in [-0.39, 0.29) is 11.7 Å². The van der Waals surface area contributed by atoms with Crippen LogP contribution in [-0.2, 0) is 10.0 Å². The first kappa shape index (κ1) is 21.4. The molecule has 0 bridgehead atoms. The van der Waals surface area contributed by atoms with Gasteiger partial charge in [-0.25, -0.2) is 8.42 Å². The van der Waals surface area contributed by atoms with Crippen LogP contribution in [0.4, 0.5) is 17.1 Å². The molecule has 0 saturated carbocycles. The maximum Gasteiger partial charge on any atom is 0.255 e. The number of rotatable bonds is 4. The maximum absolute atomic E-state index is 12.8. The summed E-state index contributed by atoms with van der Waals surface area (Å²) >= 11 is 9.90. The van der Waals surface area contributed by atoms with Crippen LogP contribution in [0.3, 0.4) is 0 Å². The van der Waals surface area contributed by atoms with E-state index in [4.69, 9.17) is 11.6 Å². The van der Waals surface area contributed by atoms with Gasteiger partial charge in [0.15, 0.2) is 0 Å². The zero-order chi connectivity index (χ0) is 21.3. The van der Waals surface area contributed by atoms with Gasteiger partial charge in [0.05, 0.1) is 27.8 Å². The van der Waals surface area contributed by atoms with Crippen LogP contribution in [0.15, 0.2) is 40.9 Å². The van der Waals surface area contributed by atoms with Gasteiger partial charge in [0.2, 0.25) is 10.0 Å². The predicted molar refractivity (Wildman–Crippen MR) is 124 cm³/mol. The van der Waals surface area contributed by atoms with Crippen molar-refractivity contribution in [2.45, 2.75) is 6.42 Å². The van der Waals surface area contributed by atoms with Crippen molar-refractivity contribution in [2.75, 3.05) is 53.0 Å². The second-order valence-corrected chi connectivity index (χ2v) is 10.5. The molecule has 0 unspecified atom stereocenters. The third kappa shape index (κ3) is 4.44. The molecule has 2 saturated heterocycles. The average Bonchev–Trinajstić information content (AvgIpc) is 3.09. The van der Waals surface area contributed by atoms with E-state index in [0.29, 0.717) is 39.4 Å². The van der Waals surface area contributed by atoms with Gasteiger partial charge in [-0.2, -0.15) is 0 Å². The molecular weight excluding hydrogens is 492 g/mol. The predicted octanol–water partition coefficient (Wildman–Crippen LogP) is 3.30. The maximum atomic E-state index is 12.8. The number of carbonyl (C=O) groups is 1. The number of hydrogen-bond acceptors (Lipinski definition) is 5. The number of halogens is 2. The molecule has 0 spiro atoms. The zero-order valence-corrected chi connectivity index (χ0v) is 19.4. The van der Waals surface area contributed by atoms with Crippen molar-refractivity contribution in [1.82, 2.24) is 5.32 Å². The van der Waals surface area contributed by atoms with Crippen LogP contribution in [0.2, 0.25) is 5.02 Å². The molecule has 4 rings (SSSR count). The molecule has 2 aliphatic rings. The van der Waals surface area contributed by atoms with Gasteiger partial charge in [0.1, 0.15) is 0 Å². The molecule has 0 aromatic heterocycles. The van der Waals surface area contributed by atoms with Crippen molar-refractivity contribution >= 4 is 60.5 Å². The average molecular weight is 514 g/mol. The molecule has 0 radical (unpaired) electrons. The summed E-state index contributed by atoms with van der Waals surface area (Å²) in [6.45, 7) is 3.92. The number of nitrogens with one attached hydrogen (secondary N) is 2. The molecule has 2 heterocycles.